The molecule has 3 heterocycles. The molecule has 3 aromatic rings. The smallest absolute Gasteiger partial charge is 0.323 e. The zero-order valence-electron chi connectivity index (χ0n) is 10.1. The van der Waals surface area contributed by atoms with Gasteiger partial charge in [-0.25, -0.2) is 4.98 Å². The number of nitrogens with zero attached hydrogens (tertiary/aromatic N) is 2. The Bertz CT molecular complexity index is 922. The zero-order chi connectivity index (χ0) is 15.2. The van der Waals surface area contributed by atoms with Crippen molar-refractivity contribution in [2.75, 3.05) is 0 Å². The maximum absolute atomic E-state index is 12.5. The minimum absolute atomic E-state index is 0.108. The molecule has 1 N–H and O–H groups in total. The molecule has 0 aliphatic carbocycles. The van der Waals surface area contributed by atoms with E-state index in [-0.39, 0.29) is 10.5 Å². The molecule has 21 heavy (non-hydrogen) atoms. The van der Waals surface area contributed by atoms with Crippen LogP contribution >= 0.6 is 23.6 Å². The fraction of sp³-hybridized carbons (Fsp3) is 0.0833. The van der Waals surface area contributed by atoms with E-state index in [1.165, 1.54) is 17.4 Å². The van der Waals surface area contributed by atoms with Gasteiger partial charge in [0, 0.05) is 0 Å². The summed E-state index contributed by atoms with van der Waals surface area (Å²) in [6.45, 7) is 0. The van der Waals surface area contributed by atoms with Crippen LogP contribution in [0, 0.1) is 4.77 Å². The molecule has 0 bridgehead atoms. The van der Waals surface area contributed by atoms with Crippen molar-refractivity contribution in [1.29, 1.82) is 0 Å². The lowest BCUT2D eigenvalue weighted by atomic mass is 10.3. The molecular weight excluding hydrogens is 323 g/mol. The first kappa shape index (κ1) is 14.0. The van der Waals surface area contributed by atoms with Crippen molar-refractivity contribution in [3.05, 3.63) is 50.6 Å². The van der Waals surface area contributed by atoms with Crippen molar-refractivity contribution < 1.29 is 13.2 Å². The molecule has 0 aromatic carbocycles. The molecule has 4 nitrogen and oxygen atoms in total. The van der Waals surface area contributed by atoms with Crippen molar-refractivity contribution in [3.8, 4) is 5.69 Å². The Morgan fingerprint density at radius 2 is 2.05 bits per heavy atom. The Morgan fingerprint density at radius 1 is 1.29 bits per heavy atom. The van der Waals surface area contributed by atoms with Gasteiger partial charge in [-0.1, -0.05) is 0 Å². The normalized spacial score (nSPS) is 12.0. The molecule has 0 saturated carbocycles. The van der Waals surface area contributed by atoms with Gasteiger partial charge >= 0.3 is 6.18 Å². The monoisotopic (exact) mass is 329 g/mol. The van der Waals surface area contributed by atoms with Gasteiger partial charge in [0.2, 0.25) is 0 Å². The highest BCUT2D eigenvalue weighted by Gasteiger charge is 2.32. The molecule has 0 unspecified atom stereocenters. The van der Waals surface area contributed by atoms with Gasteiger partial charge in [0.05, 0.1) is 17.3 Å². The summed E-state index contributed by atoms with van der Waals surface area (Å²) < 4.78 is 38.7. The molecule has 0 atom stereocenters. The third kappa shape index (κ3) is 2.38. The van der Waals surface area contributed by atoms with E-state index in [9.17, 15) is 18.0 Å². The van der Waals surface area contributed by atoms with Gasteiger partial charge < -0.3 is 4.98 Å². The topological polar surface area (TPSA) is 50.7 Å². The molecule has 0 saturated heterocycles. The molecule has 0 amide bonds. The van der Waals surface area contributed by atoms with Crippen LogP contribution in [0.2, 0.25) is 0 Å². The highest BCUT2D eigenvalue weighted by Crippen LogP contribution is 2.27. The number of aromatic amines is 1. The first-order valence-corrected chi connectivity index (χ1v) is 6.93. The van der Waals surface area contributed by atoms with E-state index in [0.717, 1.165) is 16.8 Å². The molecule has 0 fully saturated rings. The van der Waals surface area contributed by atoms with Gasteiger partial charge in [0.15, 0.2) is 4.77 Å². The number of aromatic nitrogens is 3. The van der Waals surface area contributed by atoms with E-state index >= 15 is 0 Å². The summed E-state index contributed by atoms with van der Waals surface area (Å²) in [5.74, 6) is 0. The Morgan fingerprint density at radius 3 is 2.67 bits per heavy atom. The van der Waals surface area contributed by atoms with E-state index in [2.05, 4.69) is 9.97 Å². The number of thiophene rings is 1. The number of rotatable bonds is 1. The number of alkyl halides is 3. The fourth-order valence-electron chi connectivity index (χ4n) is 1.86. The quantitative estimate of drug-likeness (QED) is 0.695. The second-order valence-electron chi connectivity index (χ2n) is 4.13. The van der Waals surface area contributed by atoms with Crippen LogP contribution in [0.3, 0.4) is 0 Å². The van der Waals surface area contributed by atoms with Gasteiger partial charge in [-0.2, -0.15) is 13.2 Å². The van der Waals surface area contributed by atoms with Crippen LogP contribution in [0.15, 0.2) is 34.6 Å². The van der Waals surface area contributed by atoms with E-state index in [1.54, 1.807) is 11.4 Å². The number of H-pyrrole nitrogens is 1. The molecular formula is C12H6F3N3OS2. The summed E-state index contributed by atoms with van der Waals surface area (Å²) in [5.41, 5.74) is -1.23. The number of hydrogen-bond donors (Lipinski definition) is 1. The second kappa shape index (κ2) is 4.78. The van der Waals surface area contributed by atoms with Crippen LogP contribution < -0.4 is 5.56 Å². The fourth-order valence-corrected chi connectivity index (χ4v) is 2.99. The number of halogens is 3. The highest BCUT2D eigenvalue weighted by atomic mass is 32.1. The third-order valence-electron chi connectivity index (χ3n) is 2.82. The number of hydrogen-bond acceptors (Lipinski definition) is 4. The lowest BCUT2D eigenvalue weighted by Crippen LogP contribution is -2.20. The average Bonchev–Trinajstić information content (AvgIpc) is 2.86. The maximum Gasteiger partial charge on any atom is 0.433 e. The van der Waals surface area contributed by atoms with Crippen LogP contribution in [-0.2, 0) is 6.18 Å². The number of pyridine rings is 1. The van der Waals surface area contributed by atoms with Crippen molar-refractivity contribution in [2.45, 2.75) is 6.18 Å². The first-order valence-electron chi connectivity index (χ1n) is 5.64. The van der Waals surface area contributed by atoms with Gasteiger partial charge in [-0.3, -0.25) is 9.36 Å². The van der Waals surface area contributed by atoms with Crippen molar-refractivity contribution >= 4 is 33.8 Å². The van der Waals surface area contributed by atoms with Gasteiger partial charge in [0.1, 0.15) is 10.5 Å². The Kier molecular flexibility index (Phi) is 3.18. The molecule has 3 aromatic heterocycles. The van der Waals surface area contributed by atoms with Crippen LogP contribution in [0.4, 0.5) is 13.2 Å². The molecule has 9 heteroatoms. The Labute approximate surface area is 124 Å². The minimum Gasteiger partial charge on any atom is -0.323 e. The summed E-state index contributed by atoms with van der Waals surface area (Å²) in [6.07, 6.45) is -3.55. The summed E-state index contributed by atoms with van der Waals surface area (Å²) in [4.78, 5) is 19.2. The van der Waals surface area contributed by atoms with Crippen LogP contribution in [0.1, 0.15) is 5.69 Å². The second-order valence-corrected chi connectivity index (χ2v) is 5.44. The predicted octanol–water partition coefficient (Wildman–Crippen LogP) is 3.52. The van der Waals surface area contributed by atoms with E-state index in [1.807, 2.05) is 0 Å². The zero-order valence-corrected chi connectivity index (χ0v) is 11.8. The van der Waals surface area contributed by atoms with Crippen LogP contribution in [0.5, 0.6) is 0 Å². The molecule has 3 rings (SSSR count). The van der Waals surface area contributed by atoms with E-state index in [0.29, 0.717) is 10.2 Å². The first-order chi connectivity index (χ1) is 9.88. The number of nitrogens with one attached hydrogen (secondary N) is 1. The Hall–Kier alpha value is -2.00. The van der Waals surface area contributed by atoms with Crippen LogP contribution in [-0.4, -0.2) is 14.5 Å². The third-order valence-corrected chi connectivity index (χ3v) is 3.93. The number of fused-ring (bicyclic) bond motifs is 1. The van der Waals surface area contributed by atoms with Crippen molar-refractivity contribution in [1.82, 2.24) is 14.5 Å². The molecule has 0 aliphatic rings. The largest absolute Gasteiger partial charge is 0.433 e. The highest BCUT2D eigenvalue weighted by molar-refractivity contribution is 7.71. The summed E-state index contributed by atoms with van der Waals surface area (Å²) in [6, 6.07) is 3.61. The van der Waals surface area contributed by atoms with Gasteiger partial charge in [-0.05, 0) is 35.8 Å². The van der Waals surface area contributed by atoms with Gasteiger partial charge in [-0.15, -0.1) is 11.3 Å². The lowest BCUT2D eigenvalue weighted by molar-refractivity contribution is -0.141. The van der Waals surface area contributed by atoms with Crippen LogP contribution in [0.25, 0.3) is 15.9 Å². The van der Waals surface area contributed by atoms with Crippen molar-refractivity contribution in [2.24, 2.45) is 0 Å². The summed E-state index contributed by atoms with van der Waals surface area (Å²) >= 11 is 6.41. The Balaban J connectivity index is 2.21. The van der Waals surface area contributed by atoms with Crippen molar-refractivity contribution in [3.63, 3.8) is 0 Å². The molecule has 108 valence electrons. The molecule has 0 spiro atoms. The van der Waals surface area contributed by atoms with E-state index < -0.39 is 17.4 Å². The molecule has 0 aliphatic heterocycles. The lowest BCUT2D eigenvalue weighted by Gasteiger charge is -2.08. The maximum atomic E-state index is 12.5. The predicted molar refractivity (Wildman–Crippen MR) is 75.4 cm³/mol. The minimum atomic E-state index is -4.52. The van der Waals surface area contributed by atoms with Gasteiger partial charge in [0.25, 0.3) is 5.56 Å². The summed E-state index contributed by atoms with van der Waals surface area (Å²) in [7, 11) is 0. The summed E-state index contributed by atoms with van der Waals surface area (Å²) in [5, 5.41) is 2.15. The SMILES string of the molecule is O=c1c2ccsc2[nH]c(=S)n1-c1ccc(C(F)(F)F)nc1. The molecule has 0 radical (unpaired) electrons. The average molecular weight is 329 g/mol. The van der Waals surface area contributed by atoms with E-state index in [4.69, 9.17) is 12.2 Å². The standard InChI is InChI=1S/C12H6F3N3OS2/c13-12(14,15)8-2-1-6(5-16-8)18-10(19)7-3-4-21-9(7)17-11(18)20/h1-5H,(H,17,20).